The van der Waals surface area contributed by atoms with Crippen molar-refractivity contribution in [2.75, 3.05) is 6.54 Å². The van der Waals surface area contributed by atoms with Crippen molar-refractivity contribution in [3.05, 3.63) is 59.7 Å². The summed E-state index contributed by atoms with van der Waals surface area (Å²) in [5, 5.41) is 3.36. The first-order chi connectivity index (χ1) is 7.86. The van der Waals surface area contributed by atoms with E-state index in [-0.39, 0.29) is 11.9 Å². The Morgan fingerprint density at radius 1 is 1.19 bits per heavy atom. The van der Waals surface area contributed by atoms with Crippen LogP contribution in [0.5, 0.6) is 0 Å². The largest absolute Gasteiger partial charge is 0.348 e. The van der Waals surface area contributed by atoms with Crippen molar-refractivity contribution in [2.45, 2.75) is 12.6 Å². The van der Waals surface area contributed by atoms with E-state index in [1.165, 1.54) is 6.07 Å². The van der Waals surface area contributed by atoms with E-state index in [1.54, 1.807) is 6.07 Å². The molecule has 1 unspecified atom stereocenters. The monoisotopic (exact) mass is 216 g/mol. The highest BCUT2D eigenvalue weighted by molar-refractivity contribution is 5.30. The highest BCUT2D eigenvalue weighted by Crippen LogP contribution is 2.26. The number of fused-ring (bicyclic) bond motifs is 1. The third kappa shape index (κ3) is 1.44. The Kier molecular flexibility index (Phi) is 2.26. The van der Waals surface area contributed by atoms with Gasteiger partial charge < -0.3 is 9.88 Å². The van der Waals surface area contributed by atoms with E-state index in [0.29, 0.717) is 0 Å². The quantitative estimate of drug-likeness (QED) is 0.774. The Bertz CT molecular complexity index is 504. The molecule has 0 spiro atoms. The summed E-state index contributed by atoms with van der Waals surface area (Å²) in [6.07, 6.45) is 2.05. The van der Waals surface area contributed by atoms with Gasteiger partial charge >= 0.3 is 0 Å². The van der Waals surface area contributed by atoms with Crippen LogP contribution in [-0.2, 0) is 6.54 Å². The molecule has 0 bridgehead atoms. The van der Waals surface area contributed by atoms with Crippen LogP contribution in [0.1, 0.15) is 17.3 Å². The molecule has 0 fully saturated rings. The molecular formula is C13H13FN2. The molecule has 0 saturated heterocycles. The number of rotatable bonds is 1. The number of nitrogens with zero attached hydrogens (tertiary/aromatic N) is 1. The molecule has 1 aliphatic rings. The summed E-state index contributed by atoms with van der Waals surface area (Å²) >= 11 is 0. The van der Waals surface area contributed by atoms with Crippen molar-refractivity contribution in [1.82, 2.24) is 9.88 Å². The predicted molar refractivity (Wildman–Crippen MR) is 60.7 cm³/mol. The maximum atomic E-state index is 13.7. The Labute approximate surface area is 93.7 Å². The molecule has 2 heterocycles. The van der Waals surface area contributed by atoms with Gasteiger partial charge in [-0.3, -0.25) is 0 Å². The van der Waals surface area contributed by atoms with E-state index in [9.17, 15) is 4.39 Å². The van der Waals surface area contributed by atoms with Gasteiger partial charge in [0.05, 0.1) is 6.04 Å². The van der Waals surface area contributed by atoms with Gasteiger partial charge in [0.2, 0.25) is 0 Å². The van der Waals surface area contributed by atoms with Gasteiger partial charge in [0, 0.05) is 30.5 Å². The molecule has 2 nitrogen and oxygen atoms in total. The number of hydrogen-bond acceptors (Lipinski definition) is 1. The first-order valence-electron chi connectivity index (χ1n) is 5.49. The second kappa shape index (κ2) is 3.76. The van der Waals surface area contributed by atoms with Crippen LogP contribution < -0.4 is 5.32 Å². The zero-order valence-corrected chi connectivity index (χ0v) is 8.86. The lowest BCUT2D eigenvalue weighted by molar-refractivity contribution is 0.453. The van der Waals surface area contributed by atoms with E-state index in [0.717, 1.165) is 24.3 Å². The lowest BCUT2D eigenvalue weighted by Crippen LogP contribution is -2.33. The maximum Gasteiger partial charge on any atom is 0.128 e. The fourth-order valence-corrected chi connectivity index (χ4v) is 2.31. The normalized spacial score (nSPS) is 19.4. The van der Waals surface area contributed by atoms with Crippen LogP contribution in [0.25, 0.3) is 0 Å². The number of nitrogens with one attached hydrogen (secondary N) is 1. The Balaban J connectivity index is 2.08. The fraction of sp³-hybridized carbons (Fsp3) is 0.231. The van der Waals surface area contributed by atoms with E-state index in [1.807, 2.05) is 30.5 Å². The molecule has 0 aliphatic carbocycles. The smallest absolute Gasteiger partial charge is 0.128 e. The Morgan fingerprint density at radius 2 is 2.06 bits per heavy atom. The average Bonchev–Trinajstić information content (AvgIpc) is 2.77. The van der Waals surface area contributed by atoms with E-state index >= 15 is 0 Å². The van der Waals surface area contributed by atoms with Crippen LogP contribution in [0.4, 0.5) is 4.39 Å². The van der Waals surface area contributed by atoms with E-state index in [2.05, 4.69) is 9.88 Å². The summed E-state index contributed by atoms with van der Waals surface area (Å²) in [4.78, 5) is 0. The number of aromatic nitrogens is 1. The highest BCUT2D eigenvalue weighted by Gasteiger charge is 2.22. The summed E-state index contributed by atoms with van der Waals surface area (Å²) in [7, 11) is 0. The lowest BCUT2D eigenvalue weighted by atomic mass is 10.0. The van der Waals surface area contributed by atoms with E-state index < -0.39 is 0 Å². The molecule has 1 aliphatic heterocycles. The van der Waals surface area contributed by atoms with Gasteiger partial charge in [0.15, 0.2) is 0 Å². The second-order valence-electron chi connectivity index (χ2n) is 4.04. The minimum atomic E-state index is -0.144. The van der Waals surface area contributed by atoms with Gasteiger partial charge in [-0.2, -0.15) is 0 Å². The average molecular weight is 216 g/mol. The van der Waals surface area contributed by atoms with Gasteiger partial charge in [-0.05, 0) is 18.2 Å². The molecule has 3 rings (SSSR count). The topological polar surface area (TPSA) is 17.0 Å². The van der Waals surface area contributed by atoms with Crippen LogP contribution in [0.3, 0.4) is 0 Å². The lowest BCUT2D eigenvalue weighted by Gasteiger charge is -2.27. The summed E-state index contributed by atoms with van der Waals surface area (Å²) < 4.78 is 15.9. The highest BCUT2D eigenvalue weighted by atomic mass is 19.1. The van der Waals surface area contributed by atoms with Crippen molar-refractivity contribution in [3.63, 3.8) is 0 Å². The summed E-state index contributed by atoms with van der Waals surface area (Å²) in [6.45, 7) is 1.83. The van der Waals surface area contributed by atoms with Crippen molar-refractivity contribution < 1.29 is 4.39 Å². The van der Waals surface area contributed by atoms with Crippen molar-refractivity contribution in [2.24, 2.45) is 0 Å². The molecule has 0 amide bonds. The van der Waals surface area contributed by atoms with Crippen LogP contribution in [0.15, 0.2) is 42.6 Å². The van der Waals surface area contributed by atoms with Gasteiger partial charge in [-0.15, -0.1) is 0 Å². The Morgan fingerprint density at radius 3 is 2.94 bits per heavy atom. The van der Waals surface area contributed by atoms with E-state index in [4.69, 9.17) is 0 Å². The molecule has 2 aromatic rings. The van der Waals surface area contributed by atoms with Gasteiger partial charge in [-0.1, -0.05) is 18.2 Å². The third-order valence-electron chi connectivity index (χ3n) is 3.08. The minimum Gasteiger partial charge on any atom is -0.348 e. The van der Waals surface area contributed by atoms with Crippen LogP contribution in [-0.4, -0.2) is 11.1 Å². The van der Waals surface area contributed by atoms with Crippen LogP contribution in [0.2, 0.25) is 0 Å². The van der Waals surface area contributed by atoms with Crippen molar-refractivity contribution in [3.8, 4) is 0 Å². The predicted octanol–water partition coefficient (Wildman–Crippen LogP) is 2.32. The molecular weight excluding hydrogens is 203 g/mol. The first-order valence-corrected chi connectivity index (χ1v) is 5.49. The molecule has 0 saturated carbocycles. The van der Waals surface area contributed by atoms with Gasteiger partial charge in [-0.25, -0.2) is 4.39 Å². The molecule has 1 atom stereocenters. The Hall–Kier alpha value is -1.61. The van der Waals surface area contributed by atoms with Gasteiger partial charge in [0.1, 0.15) is 5.82 Å². The summed E-state index contributed by atoms with van der Waals surface area (Å²) in [5.74, 6) is -0.144. The standard InChI is InChI=1S/C13H13FN2/c14-11-5-2-1-4-10(11)13-12-6-3-8-16(12)9-7-15-13/h1-6,8,13,15H,7,9H2. The first kappa shape index (κ1) is 9.60. The number of benzene rings is 1. The van der Waals surface area contributed by atoms with Crippen molar-refractivity contribution in [1.29, 1.82) is 0 Å². The van der Waals surface area contributed by atoms with Crippen LogP contribution in [0, 0.1) is 5.82 Å². The molecule has 0 radical (unpaired) electrons. The second-order valence-corrected chi connectivity index (χ2v) is 4.04. The molecule has 1 N–H and O–H groups in total. The zero-order valence-electron chi connectivity index (χ0n) is 8.86. The molecule has 3 heteroatoms. The summed E-state index contributed by atoms with van der Waals surface area (Å²) in [6, 6.07) is 11.0. The van der Waals surface area contributed by atoms with Gasteiger partial charge in [0.25, 0.3) is 0 Å². The molecule has 1 aromatic carbocycles. The SMILES string of the molecule is Fc1ccccc1C1NCCn2cccc21. The molecule has 16 heavy (non-hydrogen) atoms. The maximum absolute atomic E-state index is 13.7. The molecule has 1 aromatic heterocycles. The number of hydrogen-bond donors (Lipinski definition) is 1. The third-order valence-corrected chi connectivity index (χ3v) is 3.08. The van der Waals surface area contributed by atoms with Crippen molar-refractivity contribution >= 4 is 0 Å². The fourth-order valence-electron chi connectivity index (χ4n) is 2.31. The number of halogens is 1. The van der Waals surface area contributed by atoms with Crippen LogP contribution >= 0.6 is 0 Å². The minimum absolute atomic E-state index is 0.0232. The summed E-state index contributed by atoms with van der Waals surface area (Å²) in [5.41, 5.74) is 1.86. The zero-order chi connectivity index (χ0) is 11.0. The molecule has 82 valence electrons.